The Labute approximate surface area is 149 Å². The number of aryl methyl sites for hydroxylation is 1. The van der Waals surface area contributed by atoms with Crippen molar-refractivity contribution in [1.82, 2.24) is 5.32 Å². The zero-order valence-corrected chi connectivity index (χ0v) is 15.2. The molecule has 2 aromatic rings. The second-order valence-electron chi connectivity index (χ2n) is 5.51. The van der Waals surface area contributed by atoms with Gasteiger partial charge in [-0.2, -0.15) is 0 Å². The van der Waals surface area contributed by atoms with E-state index in [-0.39, 0.29) is 6.04 Å². The number of thiocarbonyl (C=S) groups is 1. The molecule has 24 heavy (non-hydrogen) atoms. The first-order chi connectivity index (χ1) is 11.6. The monoisotopic (exact) mass is 344 g/mol. The number of anilines is 1. The van der Waals surface area contributed by atoms with Crippen molar-refractivity contribution >= 4 is 23.0 Å². The van der Waals surface area contributed by atoms with Crippen molar-refractivity contribution in [3.8, 4) is 11.5 Å². The molecule has 1 atom stereocenters. The van der Waals surface area contributed by atoms with Gasteiger partial charge in [-0.1, -0.05) is 31.2 Å². The number of ether oxygens (including phenoxy) is 2. The van der Waals surface area contributed by atoms with Gasteiger partial charge >= 0.3 is 0 Å². The normalized spacial score (nSPS) is 11.5. The van der Waals surface area contributed by atoms with E-state index in [9.17, 15) is 0 Å². The zero-order chi connectivity index (χ0) is 17.4. The third kappa shape index (κ3) is 5.42. The number of hydrogen-bond donors (Lipinski definition) is 2. The minimum Gasteiger partial charge on any atom is -0.493 e. The van der Waals surface area contributed by atoms with Crippen molar-refractivity contribution in [3.63, 3.8) is 0 Å². The third-order valence-electron chi connectivity index (χ3n) is 3.56. The summed E-state index contributed by atoms with van der Waals surface area (Å²) < 4.78 is 11.1. The molecule has 0 saturated carbocycles. The van der Waals surface area contributed by atoms with Crippen LogP contribution in [0.25, 0.3) is 0 Å². The summed E-state index contributed by atoms with van der Waals surface area (Å²) in [7, 11) is 1.63. The summed E-state index contributed by atoms with van der Waals surface area (Å²) >= 11 is 5.35. The molecule has 128 valence electrons. The van der Waals surface area contributed by atoms with Gasteiger partial charge in [-0.25, -0.2) is 0 Å². The van der Waals surface area contributed by atoms with Crippen LogP contribution < -0.4 is 20.1 Å². The van der Waals surface area contributed by atoms with Crippen molar-refractivity contribution < 1.29 is 9.47 Å². The van der Waals surface area contributed by atoms with E-state index in [0.29, 0.717) is 11.7 Å². The quantitative estimate of drug-likeness (QED) is 0.743. The van der Waals surface area contributed by atoms with E-state index in [2.05, 4.69) is 29.7 Å². The number of para-hydroxylation sites is 2. The summed E-state index contributed by atoms with van der Waals surface area (Å²) in [4.78, 5) is 0. The van der Waals surface area contributed by atoms with E-state index in [0.717, 1.165) is 23.6 Å². The number of methoxy groups -OCH3 is 1. The Balaban J connectivity index is 1.80. The molecule has 0 heterocycles. The van der Waals surface area contributed by atoms with E-state index in [1.165, 1.54) is 5.56 Å². The highest BCUT2D eigenvalue weighted by molar-refractivity contribution is 7.80. The highest BCUT2D eigenvalue weighted by atomic mass is 32.1. The van der Waals surface area contributed by atoms with Crippen molar-refractivity contribution in [3.05, 3.63) is 54.1 Å². The van der Waals surface area contributed by atoms with Gasteiger partial charge in [0.25, 0.3) is 0 Å². The lowest BCUT2D eigenvalue weighted by molar-refractivity contribution is 0.270. The van der Waals surface area contributed by atoms with Crippen molar-refractivity contribution in [2.45, 2.75) is 26.3 Å². The van der Waals surface area contributed by atoms with E-state index in [1.54, 1.807) is 7.11 Å². The van der Waals surface area contributed by atoms with Gasteiger partial charge in [-0.15, -0.1) is 0 Å². The first-order valence-corrected chi connectivity index (χ1v) is 8.45. The highest BCUT2D eigenvalue weighted by Crippen LogP contribution is 2.25. The van der Waals surface area contributed by atoms with Gasteiger partial charge in [-0.3, -0.25) is 0 Å². The first-order valence-electron chi connectivity index (χ1n) is 8.04. The van der Waals surface area contributed by atoms with Crippen LogP contribution in [0.4, 0.5) is 5.69 Å². The van der Waals surface area contributed by atoms with Crippen LogP contribution in [0.3, 0.4) is 0 Å². The van der Waals surface area contributed by atoms with Gasteiger partial charge in [0, 0.05) is 5.69 Å². The molecule has 0 aliphatic heterocycles. The summed E-state index contributed by atoms with van der Waals surface area (Å²) in [5, 5.41) is 6.98. The second kappa shape index (κ2) is 9.13. The van der Waals surface area contributed by atoms with Gasteiger partial charge in [0.2, 0.25) is 0 Å². The van der Waals surface area contributed by atoms with Gasteiger partial charge in [0.1, 0.15) is 6.61 Å². The molecule has 0 bridgehead atoms. The molecule has 0 fully saturated rings. The molecular weight excluding hydrogens is 320 g/mol. The maximum Gasteiger partial charge on any atom is 0.171 e. The Bertz CT molecular complexity index is 659. The molecule has 0 radical (unpaired) electrons. The number of rotatable bonds is 7. The number of benzene rings is 2. The standard InChI is InChI=1S/C19H24N2O2S/c1-4-15-9-11-16(12-10-15)21-19(24)20-14(2)13-23-18-8-6-5-7-17(18)22-3/h5-12,14H,4,13H2,1-3H3,(H2,20,21,24)/t14-/m0/s1. The fourth-order valence-corrected chi connectivity index (χ4v) is 2.53. The second-order valence-corrected chi connectivity index (χ2v) is 5.92. The molecule has 2 rings (SSSR count). The Kier molecular flexibility index (Phi) is 6.88. The molecule has 5 heteroatoms. The topological polar surface area (TPSA) is 42.5 Å². The predicted octanol–water partition coefficient (Wildman–Crippen LogP) is 4.01. The fraction of sp³-hybridized carbons (Fsp3) is 0.316. The van der Waals surface area contributed by atoms with Crippen LogP contribution >= 0.6 is 12.2 Å². The van der Waals surface area contributed by atoms with Crippen molar-refractivity contribution in [1.29, 1.82) is 0 Å². The molecule has 4 nitrogen and oxygen atoms in total. The minimum absolute atomic E-state index is 0.0600. The Morgan fingerprint density at radius 1 is 1.08 bits per heavy atom. The smallest absolute Gasteiger partial charge is 0.171 e. The number of nitrogens with one attached hydrogen (secondary N) is 2. The van der Waals surface area contributed by atoms with Crippen molar-refractivity contribution in [2.75, 3.05) is 19.0 Å². The average Bonchev–Trinajstić information content (AvgIpc) is 2.60. The lowest BCUT2D eigenvalue weighted by atomic mass is 10.1. The lowest BCUT2D eigenvalue weighted by Crippen LogP contribution is -2.39. The summed E-state index contributed by atoms with van der Waals surface area (Å²) in [6.45, 7) is 4.64. The third-order valence-corrected chi connectivity index (χ3v) is 3.78. The first kappa shape index (κ1) is 18.1. The van der Waals surface area contributed by atoms with Gasteiger partial charge in [0.05, 0.1) is 13.2 Å². The highest BCUT2D eigenvalue weighted by Gasteiger charge is 2.08. The summed E-state index contributed by atoms with van der Waals surface area (Å²) in [5.74, 6) is 1.45. The van der Waals surface area contributed by atoms with Crippen LogP contribution in [0.5, 0.6) is 11.5 Å². The molecule has 2 aromatic carbocycles. The molecule has 0 aromatic heterocycles. The molecule has 0 unspecified atom stereocenters. The fourth-order valence-electron chi connectivity index (χ4n) is 2.21. The summed E-state index contributed by atoms with van der Waals surface area (Å²) in [6, 6.07) is 15.9. The largest absolute Gasteiger partial charge is 0.493 e. The van der Waals surface area contributed by atoms with E-state index in [1.807, 2.05) is 43.3 Å². The summed E-state index contributed by atoms with van der Waals surface area (Å²) in [5.41, 5.74) is 2.28. The molecule has 0 saturated heterocycles. The van der Waals surface area contributed by atoms with Crippen LogP contribution in [0, 0.1) is 0 Å². The maximum atomic E-state index is 5.80. The minimum atomic E-state index is 0.0600. The van der Waals surface area contributed by atoms with E-state index < -0.39 is 0 Å². The van der Waals surface area contributed by atoms with Gasteiger partial charge < -0.3 is 20.1 Å². The SMILES string of the molecule is CCc1ccc(NC(=S)N[C@@H](C)COc2ccccc2OC)cc1. The van der Waals surface area contributed by atoms with Crippen LogP contribution in [0.1, 0.15) is 19.4 Å². The molecule has 0 aliphatic carbocycles. The lowest BCUT2D eigenvalue weighted by Gasteiger charge is -2.18. The number of hydrogen-bond acceptors (Lipinski definition) is 3. The van der Waals surface area contributed by atoms with Gasteiger partial charge in [-0.05, 0) is 55.4 Å². The Morgan fingerprint density at radius 3 is 2.38 bits per heavy atom. The van der Waals surface area contributed by atoms with Crippen LogP contribution in [0.2, 0.25) is 0 Å². The van der Waals surface area contributed by atoms with Crippen LogP contribution in [0.15, 0.2) is 48.5 Å². The predicted molar refractivity (Wildman–Crippen MR) is 103 cm³/mol. The molecule has 0 amide bonds. The van der Waals surface area contributed by atoms with Crippen LogP contribution in [-0.4, -0.2) is 24.9 Å². The molecule has 2 N–H and O–H groups in total. The molecule has 0 aliphatic rings. The molecule has 0 spiro atoms. The average molecular weight is 344 g/mol. The zero-order valence-electron chi connectivity index (χ0n) is 14.3. The van der Waals surface area contributed by atoms with E-state index in [4.69, 9.17) is 21.7 Å². The Morgan fingerprint density at radius 2 is 1.75 bits per heavy atom. The Hall–Kier alpha value is -2.27. The van der Waals surface area contributed by atoms with Crippen molar-refractivity contribution in [2.24, 2.45) is 0 Å². The van der Waals surface area contributed by atoms with Crippen LogP contribution in [-0.2, 0) is 6.42 Å². The maximum absolute atomic E-state index is 5.80. The summed E-state index contributed by atoms with van der Waals surface area (Å²) in [6.07, 6.45) is 1.03. The van der Waals surface area contributed by atoms with E-state index >= 15 is 0 Å². The van der Waals surface area contributed by atoms with Gasteiger partial charge in [0.15, 0.2) is 16.6 Å². The molecular formula is C19H24N2O2S.